The molecule has 24 heavy (non-hydrogen) atoms. The molecule has 0 aromatic heterocycles. The van der Waals surface area contributed by atoms with Crippen LogP contribution >= 0.6 is 0 Å². The van der Waals surface area contributed by atoms with Crippen LogP contribution in [0.25, 0.3) is 0 Å². The van der Waals surface area contributed by atoms with Gasteiger partial charge >= 0.3 is 0 Å². The average molecular weight is 333 g/mol. The molecule has 0 aliphatic carbocycles. The van der Waals surface area contributed by atoms with Gasteiger partial charge in [-0.1, -0.05) is 0 Å². The van der Waals surface area contributed by atoms with Gasteiger partial charge < -0.3 is 25.0 Å². The minimum absolute atomic E-state index is 0.0474. The summed E-state index contributed by atoms with van der Waals surface area (Å²) in [6.45, 7) is 4.38. The molecule has 0 unspecified atom stereocenters. The molecule has 132 valence electrons. The van der Waals surface area contributed by atoms with E-state index in [4.69, 9.17) is 9.47 Å². The van der Waals surface area contributed by atoms with Crippen LogP contribution in [0.4, 0.5) is 5.69 Å². The van der Waals surface area contributed by atoms with Gasteiger partial charge in [0.15, 0.2) is 11.5 Å². The Bertz CT molecular complexity index is 556. The molecule has 1 fully saturated rings. The van der Waals surface area contributed by atoms with Crippen LogP contribution in [0.1, 0.15) is 25.7 Å². The molecule has 2 heterocycles. The Morgan fingerprint density at radius 2 is 2.04 bits per heavy atom. The molecule has 0 bridgehead atoms. The molecule has 1 aromatic rings. The van der Waals surface area contributed by atoms with Gasteiger partial charge in [0.2, 0.25) is 12.7 Å². The van der Waals surface area contributed by atoms with Crippen LogP contribution in [0.5, 0.6) is 11.5 Å². The largest absolute Gasteiger partial charge is 0.454 e. The second kappa shape index (κ2) is 8.35. The van der Waals surface area contributed by atoms with E-state index in [2.05, 4.69) is 15.5 Å². The van der Waals surface area contributed by atoms with Gasteiger partial charge in [-0.15, -0.1) is 0 Å². The number of amides is 1. The summed E-state index contributed by atoms with van der Waals surface area (Å²) in [6, 6.07) is 5.49. The van der Waals surface area contributed by atoms with Crippen LogP contribution in [-0.4, -0.2) is 50.8 Å². The Labute approximate surface area is 143 Å². The molecule has 0 atom stereocenters. The van der Waals surface area contributed by atoms with Gasteiger partial charge in [-0.2, -0.15) is 0 Å². The highest BCUT2D eigenvalue weighted by molar-refractivity contribution is 5.91. The molecule has 2 N–H and O–H groups in total. The number of hydrogen-bond donors (Lipinski definition) is 2. The fraction of sp³-hybridized carbons (Fsp3) is 0.611. The van der Waals surface area contributed by atoms with E-state index in [0.29, 0.717) is 12.2 Å². The summed E-state index contributed by atoms with van der Waals surface area (Å²) in [6.07, 6.45) is 4.27. The highest BCUT2D eigenvalue weighted by Gasteiger charge is 2.19. The molecule has 1 amide bonds. The van der Waals surface area contributed by atoms with Gasteiger partial charge in [0.25, 0.3) is 0 Å². The fourth-order valence-corrected chi connectivity index (χ4v) is 3.30. The Balaban J connectivity index is 1.37. The van der Waals surface area contributed by atoms with Gasteiger partial charge in [-0.05, 0) is 64.0 Å². The summed E-state index contributed by atoms with van der Waals surface area (Å²) < 4.78 is 10.6. The summed E-state index contributed by atoms with van der Waals surface area (Å²) in [5, 5.41) is 6.16. The van der Waals surface area contributed by atoms with E-state index in [-0.39, 0.29) is 12.7 Å². The molecule has 1 saturated heterocycles. The quantitative estimate of drug-likeness (QED) is 0.800. The number of hydrogen-bond acceptors (Lipinski definition) is 5. The minimum atomic E-state index is 0.0474. The normalized spacial score (nSPS) is 17.9. The third-order valence-corrected chi connectivity index (χ3v) is 4.82. The van der Waals surface area contributed by atoms with E-state index in [0.717, 1.165) is 43.5 Å². The third-order valence-electron chi connectivity index (χ3n) is 4.82. The number of fused-ring (bicyclic) bond motifs is 1. The van der Waals surface area contributed by atoms with E-state index in [9.17, 15) is 4.79 Å². The van der Waals surface area contributed by atoms with Crippen LogP contribution in [0, 0.1) is 5.92 Å². The molecule has 6 nitrogen and oxygen atoms in total. The van der Waals surface area contributed by atoms with Crippen molar-refractivity contribution in [2.24, 2.45) is 5.92 Å². The zero-order valence-corrected chi connectivity index (χ0v) is 14.3. The zero-order chi connectivity index (χ0) is 16.8. The molecule has 2 aliphatic heterocycles. The van der Waals surface area contributed by atoms with Crippen LogP contribution in [0.15, 0.2) is 18.2 Å². The van der Waals surface area contributed by atoms with Crippen LogP contribution < -0.4 is 20.1 Å². The van der Waals surface area contributed by atoms with E-state index in [1.807, 2.05) is 25.2 Å². The second-order valence-electron chi connectivity index (χ2n) is 6.54. The summed E-state index contributed by atoms with van der Waals surface area (Å²) >= 11 is 0. The lowest BCUT2D eigenvalue weighted by atomic mass is 9.93. The summed E-state index contributed by atoms with van der Waals surface area (Å²) in [7, 11) is 2.01. The Morgan fingerprint density at radius 3 is 2.83 bits per heavy atom. The highest BCUT2D eigenvalue weighted by Crippen LogP contribution is 2.34. The van der Waals surface area contributed by atoms with Crippen molar-refractivity contribution in [2.75, 3.05) is 45.3 Å². The van der Waals surface area contributed by atoms with Crippen LogP contribution in [0.2, 0.25) is 0 Å². The average Bonchev–Trinajstić information content (AvgIpc) is 3.07. The van der Waals surface area contributed by atoms with Gasteiger partial charge in [0, 0.05) is 24.7 Å². The molecule has 0 radical (unpaired) electrons. The lowest BCUT2D eigenvalue weighted by Gasteiger charge is -2.31. The first-order chi connectivity index (χ1) is 11.7. The van der Waals surface area contributed by atoms with Crippen molar-refractivity contribution < 1.29 is 14.3 Å². The smallest absolute Gasteiger partial charge is 0.231 e. The maximum absolute atomic E-state index is 12.1. The first-order valence-corrected chi connectivity index (χ1v) is 8.81. The number of likely N-dealkylation sites (tertiary alicyclic amines) is 1. The van der Waals surface area contributed by atoms with Gasteiger partial charge in [-0.25, -0.2) is 0 Å². The predicted octanol–water partition coefficient (Wildman–Crippen LogP) is 2.07. The molecule has 0 spiro atoms. The SMILES string of the molecule is CNCCC1CCN(CCC(=O)Nc2ccc3c(c2)OCO3)CC1. The van der Waals surface area contributed by atoms with Crippen molar-refractivity contribution in [1.29, 1.82) is 0 Å². The molecule has 1 aromatic carbocycles. The number of nitrogens with one attached hydrogen (secondary N) is 2. The standard InChI is InChI=1S/C18H27N3O3/c1-19-8-4-14-5-9-21(10-6-14)11-7-18(22)20-15-2-3-16-17(12-15)24-13-23-16/h2-3,12,14,19H,4-11,13H2,1H3,(H,20,22). The topological polar surface area (TPSA) is 62.8 Å². The number of carbonyl (C=O) groups is 1. The molecular formula is C18H27N3O3. The van der Waals surface area contributed by atoms with Crippen LogP contribution in [0.3, 0.4) is 0 Å². The lowest BCUT2D eigenvalue weighted by Crippen LogP contribution is -2.36. The number of rotatable bonds is 7. The van der Waals surface area contributed by atoms with E-state index in [1.165, 1.54) is 19.3 Å². The molecule has 2 aliphatic rings. The van der Waals surface area contributed by atoms with Gasteiger partial charge in [-0.3, -0.25) is 4.79 Å². The highest BCUT2D eigenvalue weighted by atomic mass is 16.7. The summed E-state index contributed by atoms with van der Waals surface area (Å²) in [5.41, 5.74) is 0.759. The van der Waals surface area contributed by atoms with Crippen molar-refractivity contribution in [3.8, 4) is 11.5 Å². The maximum Gasteiger partial charge on any atom is 0.231 e. The van der Waals surface area contributed by atoms with E-state index < -0.39 is 0 Å². The molecule has 3 rings (SSSR count). The fourth-order valence-electron chi connectivity index (χ4n) is 3.30. The molecule has 6 heteroatoms. The maximum atomic E-state index is 12.1. The lowest BCUT2D eigenvalue weighted by molar-refractivity contribution is -0.116. The summed E-state index contributed by atoms with van der Waals surface area (Å²) in [5.74, 6) is 2.30. The first-order valence-electron chi connectivity index (χ1n) is 8.81. The Kier molecular flexibility index (Phi) is 5.93. The van der Waals surface area contributed by atoms with Gasteiger partial charge in [0.1, 0.15) is 0 Å². The first kappa shape index (κ1) is 17.0. The molecule has 0 saturated carbocycles. The summed E-state index contributed by atoms with van der Waals surface area (Å²) in [4.78, 5) is 14.5. The second-order valence-corrected chi connectivity index (χ2v) is 6.54. The Morgan fingerprint density at radius 1 is 1.25 bits per heavy atom. The monoisotopic (exact) mass is 333 g/mol. The van der Waals surface area contributed by atoms with Crippen molar-refractivity contribution in [3.05, 3.63) is 18.2 Å². The number of nitrogens with zero attached hydrogens (tertiary/aromatic N) is 1. The number of benzene rings is 1. The van der Waals surface area contributed by atoms with Crippen molar-refractivity contribution in [1.82, 2.24) is 10.2 Å². The van der Waals surface area contributed by atoms with Crippen molar-refractivity contribution in [2.45, 2.75) is 25.7 Å². The molecular weight excluding hydrogens is 306 g/mol. The van der Waals surface area contributed by atoms with Crippen molar-refractivity contribution >= 4 is 11.6 Å². The number of anilines is 1. The Hall–Kier alpha value is -1.79. The van der Waals surface area contributed by atoms with Crippen molar-refractivity contribution in [3.63, 3.8) is 0 Å². The zero-order valence-electron chi connectivity index (χ0n) is 14.3. The van der Waals surface area contributed by atoms with E-state index in [1.54, 1.807) is 0 Å². The van der Waals surface area contributed by atoms with Crippen LogP contribution in [-0.2, 0) is 4.79 Å². The minimum Gasteiger partial charge on any atom is -0.454 e. The number of ether oxygens (including phenoxy) is 2. The van der Waals surface area contributed by atoms with E-state index >= 15 is 0 Å². The predicted molar refractivity (Wildman–Crippen MR) is 93.5 cm³/mol. The number of carbonyl (C=O) groups excluding carboxylic acids is 1. The van der Waals surface area contributed by atoms with Gasteiger partial charge in [0.05, 0.1) is 0 Å². The number of piperidine rings is 1. The third kappa shape index (κ3) is 4.61.